The van der Waals surface area contributed by atoms with E-state index in [9.17, 15) is 9.59 Å². The highest BCUT2D eigenvalue weighted by Gasteiger charge is 2.14. The van der Waals surface area contributed by atoms with Crippen molar-refractivity contribution >= 4 is 12.0 Å². The van der Waals surface area contributed by atoms with Crippen LogP contribution >= 0.6 is 0 Å². The molecule has 7 nitrogen and oxygen atoms in total. The van der Waals surface area contributed by atoms with Crippen molar-refractivity contribution in [2.75, 3.05) is 20.6 Å². The van der Waals surface area contributed by atoms with Crippen LogP contribution in [0.25, 0.3) is 0 Å². The molecule has 3 N–H and O–H groups in total. The Morgan fingerprint density at radius 2 is 2.05 bits per heavy atom. The summed E-state index contributed by atoms with van der Waals surface area (Å²) in [6.45, 7) is 4.24. The predicted molar refractivity (Wildman–Crippen MR) is 73.8 cm³/mol. The molecule has 112 valence electrons. The minimum atomic E-state index is -1.04. The van der Waals surface area contributed by atoms with Crippen LogP contribution in [0.5, 0.6) is 0 Å². The van der Waals surface area contributed by atoms with E-state index < -0.39 is 5.97 Å². The van der Waals surface area contributed by atoms with Crippen molar-refractivity contribution in [3.63, 3.8) is 0 Å². The van der Waals surface area contributed by atoms with E-state index in [1.165, 1.54) is 6.07 Å². The van der Waals surface area contributed by atoms with Gasteiger partial charge in [0, 0.05) is 12.6 Å². The molecular formula is C13H21N3O4. The van der Waals surface area contributed by atoms with Gasteiger partial charge in [-0.2, -0.15) is 0 Å². The number of aryl methyl sites for hydroxylation is 1. The van der Waals surface area contributed by atoms with E-state index >= 15 is 0 Å². The van der Waals surface area contributed by atoms with Crippen molar-refractivity contribution in [1.82, 2.24) is 15.5 Å². The minimum absolute atomic E-state index is 0.114. The summed E-state index contributed by atoms with van der Waals surface area (Å²) in [5.41, 5.74) is 0.114. The molecule has 20 heavy (non-hydrogen) atoms. The lowest BCUT2D eigenvalue weighted by molar-refractivity contribution is 0.0695. The van der Waals surface area contributed by atoms with Gasteiger partial charge < -0.3 is 25.1 Å². The summed E-state index contributed by atoms with van der Waals surface area (Å²) in [6, 6.07) is 1.33. The number of carboxylic acid groups (broad SMARTS) is 1. The van der Waals surface area contributed by atoms with Crippen LogP contribution in [0.2, 0.25) is 0 Å². The van der Waals surface area contributed by atoms with E-state index in [-0.39, 0.29) is 24.2 Å². The van der Waals surface area contributed by atoms with Crippen LogP contribution in [-0.4, -0.2) is 48.7 Å². The predicted octanol–water partition coefficient (Wildman–Crippen LogP) is 1.04. The third-order valence-corrected chi connectivity index (χ3v) is 3.06. The summed E-state index contributed by atoms with van der Waals surface area (Å²) in [5, 5.41) is 14.2. The lowest BCUT2D eigenvalue weighted by Gasteiger charge is -2.19. The zero-order valence-electron chi connectivity index (χ0n) is 12.2. The molecule has 0 saturated carbocycles. The van der Waals surface area contributed by atoms with Crippen molar-refractivity contribution in [3.8, 4) is 0 Å². The van der Waals surface area contributed by atoms with Gasteiger partial charge in [0.1, 0.15) is 17.1 Å². The highest BCUT2D eigenvalue weighted by molar-refractivity contribution is 5.88. The number of nitrogens with one attached hydrogen (secondary N) is 2. The Kier molecular flexibility index (Phi) is 5.57. The molecule has 0 spiro atoms. The normalized spacial score (nSPS) is 12.2. The van der Waals surface area contributed by atoms with Gasteiger partial charge in [0.05, 0.1) is 6.54 Å². The fourth-order valence-corrected chi connectivity index (χ4v) is 1.50. The van der Waals surface area contributed by atoms with Gasteiger partial charge in [-0.1, -0.05) is 0 Å². The summed E-state index contributed by atoms with van der Waals surface area (Å²) in [6.07, 6.45) is 0. The number of carboxylic acids is 1. The number of carbonyl (C=O) groups excluding carboxylic acids is 1. The number of amides is 2. The largest absolute Gasteiger partial charge is 0.478 e. The number of hydrogen-bond donors (Lipinski definition) is 3. The van der Waals surface area contributed by atoms with Crippen LogP contribution in [-0.2, 0) is 6.54 Å². The van der Waals surface area contributed by atoms with Crippen molar-refractivity contribution in [3.05, 3.63) is 23.2 Å². The average molecular weight is 283 g/mol. The second kappa shape index (κ2) is 6.95. The average Bonchev–Trinajstić information content (AvgIpc) is 2.74. The molecule has 0 aromatic carbocycles. The molecule has 0 radical (unpaired) electrons. The van der Waals surface area contributed by atoms with Crippen molar-refractivity contribution in [2.45, 2.75) is 26.4 Å². The number of rotatable bonds is 6. The van der Waals surface area contributed by atoms with Crippen LogP contribution in [0.1, 0.15) is 28.8 Å². The summed E-state index contributed by atoms with van der Waals surface area (Å²) in [4.78, 5) is 24.4. The lowest BCUT2D eigenvalue weighted by Crippen LogP contribution is -2.42. The molecule has 1 unspecified atom stereocenters. The van der Waals surface area contributed by atoms with E-state index in [0.29, 0.717) is 18.1 Å². The van der Waals surface area contributed by atoms with Crippen LogP contribution < -0.4 is 10.6 Å². The van der Waals surface area contributed by atoms with Crippen LogP contribution in [0.3, 0.4) is 0 Å². The van der Waals surface area contributed by atoms with Gasteiger partial charge in [-0.25, -0.2) is 9.59 Å². The maximum atomic E-state index is 11.6. The molecule has 0 fully saturated rings. The first-order valence-electron chi connectivity index (χ1n) is 6.32. The molecular weight excluding hydrogens is 262 g/mol. The van der Waals surface area contributed by atoms with Gasteiger partial charge in [-0.3, -0.25) is 0 Å². The Hall–Kier alpha value is -2.02. The number of urea groups is 1. The SMILES string of the molecule is Cc1oc(CNC(=O)NCC(C)N(C)C)cc1C(=O)O. The fourth-order valence-electron chi connectivity index (χ4n) is 1.50. The maximum absolute atomic E-state index is 11.6. The van der Waals surface area contributed by atoms with Crippen molar-refractivity contribution < 1.29 is 19.1 Å². The number of likely N-dealkylation sites (N-methyl/N-ethyl adjacent to an activating group) is 1. The van der Waals surface area contributed by atoms with Crippen molar-refractivity contribution in [2.24, 2.45) is 0 Å². The highest BCUT2D eigenvalue weighted by Crippen LogP contribution is 2.14. The third-order valence-electron chi connectivity index (χ3n) is 3.06. The van der Waals surface area contributed by atoms with E-state index in [1.54, 1.807) is 6.92 Å². The fraction of sp³-hybridized carbons (Fsp3) is 0.538. The van der Waals surface area contributed by atoms with E-state index in [0.717, 1.165) is 0 Å². The van der Waals surface area contributed by atoms with E-state index in [4.69, 9.17) is 9.52 Å². The maximum Gasteiger partial charge on any atom is 0.339 e. The number of aromatic carboxylic acids is 1. The molecule has 1 aromatic heterocycles. The summed E-state index contributed by atoms with van der Waals surface area (Å²) in [7, 11) is 3.87. The van der Waals surface area contributed by atoms with Crippen LogP contribution in [0, 0.1) is 6.92 Å². The van der Waals surface area contributed by atoms with Crippen LogP contribution in [0.4, 0.5) is 4.79 Å². The minimum Gasteiger partial charge on any atom is -0.478 e. The van der Waals surface area contributed by atoms with Gasteiger partial charge in [-0.15, -0.1) is 0 Å². The Morgan fingerprint density at radius 3 is 2.55 bits per heavy atom. The smallest absolute Gasteiger partial charge is 0.339 e. The molecule has 1 atom stereocenters. The lowest BCUT2D eigenvalue weighted by atomic mass is 10.2. The van der Waals surface area contributed by atoms with Gasteiger partial charge in [0.15, 0.2) is 0 Å². The second-order valence-electron chi connectivity index (χ2n) is 4.86. The third kappa shape index (κ3) is 4.58. The van der Waals surface area contributed by atoms with Gasteiger partial charge in [-0.05, 0) is 34.0 Å². The van der Waals surface area contributed by atoms with E-state index in [2.05, 4.69) is 10.6 Å². The molecule has 0 aliphatic heterocycles. The zero-order chi connectivity index (χ0) is 15.3. The number of hydrogen-bond acceptors (Lipinski definition) is 4. The molecule has 1 heterocycles. The molecule has 1 aromatic rings. The molecule has 2 amide bonds. The Balaban J connectivity index is 2.41. The Morgan fingerprint density at radius 1 is 1.40 bits per heavy atom. The summed E-state index contributed by atoms with van der Waals surface area (Å²) < 4.78 is 5.26. The first kappa shape index (κ1) is 16.0. The summed E-state index contributed by atoms with van der Waals surface area (Å²) in [5.74, 6) is -0.298. The van der Waals surface area contributed by atoms with E-state index in [1.807, 2.05) is 25.9 Å². The molecule has 0 saturated heterocycles. The Labute approximate surface area is 117 Å². The van der Waals surface area contributed by atoms with Gasteiger partial charge in [0.2, 0.25) is 0 Å². The number of furan rings is 1. The topological polar surface area (TPSA) is 94.8 Å². The number of nitrogens with zero attached hydrogens (tertiary/aromatic N) is 1. The first-order chi connectivity index (χ1) is 9.31. The second-order valence-corrected chi connectivity index (χ2v) is 4.86. The molecule has 0 aliphatic rings. The highest BCUT2D eigenvalue weighted by atomic mass is 16.4. The number of carbonyl (C=O) groups is 2. The molecule has 0 aliphatic carbocycles. The monoisotopic (exact) mass is 283 g/mol. The standard InChI is InChI=1S/C13H21N3O4/c1-8(16(3)4)6-14-13(19)15-7-10-5-11(12(17)18)9(2)20-10/h5,8H,6-7H2,1-4H3,(H,17,18)(H2,14,15,19). The quantitative estimate of drug-likeness (QED) is 0.725. The Bertz CT molecular complexity index is 482. The van der Waals surface area contributed by atoms with Crippen molar-refractivity contribution in [1.29, 1.82) is 0 Å². The summed E-state index contributed by atoms with van der Waals surface area (Å²) >= 11 is 0. The first-order valence-corrected chi connectivity index (χ1v) is 6.32. The molecule has 7 heteroatoms. The van der Waals surface area contributed by atoms with Gasteiger partial charge in [0.25, 0.3) is 0 Å². The van der Waals surface area contributed by atoms with Crippen LogP contribution in [0.15, 0.2) is 10.5 Å². The van der Waals surface area contributed by atoms with Gasteiger partial charge >= 0.3 is 12.0 Å². The molecule has 1 rings (SSSR count). The molecule has 0 bridgehead atoms. The zero-order valence-corrected chi connectivity index (χ0v) is 12.2.